The molecule has 0 atom stereocenters. The fourth-order valence-electron chi connectivity index (χ4n) is 1.82. The smallest absolute Gasteiger partial charge is 0.225 e. The molecule has 2 heterocycles. The topological polar surface area (TPSA) is 90.0 Å². The Morgan fingerprint density at radius 2 is 2.22 bits per heavy atom. The van der Waals surface area contributed by atoms with Crippen molar-refractivity contribution in [3.63, 3.8) is 0 Å². The van der Waals surface area contributed by atoms with Gasteiger partial charge in [-0.05, 0) is 19.1 Å². The predicted octanol–water partition coefficient (Wildman–Crippen LogP) is 1.04. The van der Waals surface area contributed by atoms with E-state index in [1.165, 1.54) is 0 Å². The summed E-state index contributed by atoms with van der Waals surface area (Å²) in [5.74, 6) is 0.418. The summed E-state index contributed by atoms with van der Waals surface area (Å²) in [6.45, 7) is 3.25. The number of aromatic nitrogens is 1. The van der Waals surface area contributed by atoms with Crippen molar-refractivity contribution in [1.82, 2.24) is 4.98 Å². The number of pyridine rings is 1. The molecule has 3 N–H and O–H groups in total. The second kappa shape index (κ2) is 5.68. The summed E-state index contributed by atoms with van der Waals surface area (Å²) in [7, 11) is 0. The maximum absolute atomic E-state index is 8.75. The number of ether oxygens (including phenoxy) is 2. The number of rotatable bonds is 3. The van der Waals surface area contributed by atoms with Gasteiger partial charge in [0.2, 0.25) is 5.88 Å². The van der Waals surface area contributed by atoms with Crippen LogP contribution in [0.1, 0.15) is 24.1 Å². The molecule has 18 heavy (non-hydrogen) atoms. The zero-order valence-electron chi connectivity index (χ0n) is 10.3. The molecule has 1 fully saturated rings. The van der Waals surface area contributed by atoms with Crippen molar-refractivity contribution in [1.29, 1.82) is 0 Å². The van der Waals surface area contributed by atoms with Crippen molar-refractivity contribution in [2.75, 3.05) is 13.2 Å². The fourth-order valence-corrected chi connectivity index (χ4v) is 1.82. The van der Waals surface area contributed by atoms with Gasteiger partial charge < -0.3 is 20.4 Å². The minimum absolute atomic E-state index is 0.00422. The SMILES string of the molecule is Cc1ccc(C(N)=NO)c(OC2CCOCC2)n1. The van der Waals surface area contributed by atoms with Crippen LogP contribution in [-0.4, -0.2) is 35.3 Å². The van der Waals surface area contributed by atoms with Gasteiger partial charge in [0, 0.05) is 18.5 Å². The lowest BCUT2D eigenvalue weighted by molar-refractivity contribution is 0.0236. The number of oxime groups is 1. The lowest BCUT2D eigenvalue weighted by Gasteiger charge is -2.23. The third-order valence-corrected chi connectivity index (χ3v) is 2.83. The van der Waals surface area contributed by atoms with Crippen molar-refractivity contribution in [3.05, 3.63) is 23.4 Å². The second-order valence-corrected chi connectivity index (χ2v) is 4.22. The predicted molar refractivity (Wildman–Crippen MR) is 66.0 cm³/mol. The van der Waals surface area contributed by atoms with E-state index in [9.17, 15) is 0 Å². The zero-order chi connectivity index (χ0) is 13.0. The van der Waals surface area contributed by atoms with Crippen LogP contribution in [0.5, 0.6) is 5.88 Å². The molecular formula is C12H17N3O3. The Balaban J connectivity index is 2.21. The molecule has 1 aromatic heterocycles. The van der Waals surface area contributed by atoms with E-state index >= 15 is 0 Å². The van der Waals surface area contributed by atoms with Crippen molar-refractivity contribution in [3.8, 4) is 5.88 Å². The highest BCUT2D eigenvalue weighted by molar-refractivity contribution is 5.99. The summed E-state index contributed by atoms with van der Waals surface area (Å²) in [6, 6.07) is 3.54. The van der Waals surface area contributed by atoms with Crippen LogP contribution in [0.3, 0.4) is 0 Å². The summed E-state index contributed by atoms with van der Waals surface area (Å²) < 4.78 is 11.1. The Hall–Kier alpha value is -1.82. The minimum atomic E-state index is 0.00422. The minimum Gasteiger partial charge on any atom is -0.474 e. The van der Waals surface area contributed by atoms with Crippen LogP contribution < -0.4 is 10.5 Å². The molecule has 2 rings (SSSR count). The van der Waals surface area contributed by atoms with E-state index in [0.29, 0.717) is 24.7 Å². The van der Waals surface area contributed by atoms with Crippen molar-refractivity contribution in [2.24, 2.45) is 10.9 Å². The van der Waals surface area contributed by atoms with Gasteiger partial charge in [-0.2, -0.15) is 0 Å². The van der Waals surface area contributed by atoms with Crippen LogP contribution in [-0.2, 0) is 4.74 Å². The average Bonchev–Trinajstić information content (AvgIpc) is 2.39. The zero-order valence-corrected chi connectivity index (χ0v) is 10.3. The molecule has 0 spiro atoms. The van der Waals surface area contributed by atoms with Gasteiger partial charge in [0.15, 0.2) is 5.84 Å². The number of aryl methyl sites for hydroxylation is 1. The quantitative estimate of drug-likeness (QED) is 0.362. The molecule has 1 aromatic rings. The monoisotopic (exact) mass is 251 g/mol. The first-order valence-electron chi connectivity index (χ1n) is 5.90. The summed E-state index contributed by atoms with van der Waals surface area (Å²) in [4.78, 5) is 4.30. The van der Waals surface area contributed by atoms with Crippen molar-refractivity contribution < 1.29 is 14.7 Å². The maximum Gasteiger partial charge on any atom is 0.225 e. The third kappa shape index (κ3) is 2.89. The van der Waals surface area contributed by atoms with Crippen LogP contribution in [0.25, 0.3) is 0 Å². The van der Waals surface area contributed by atoms with E-state index in [-0.39, 0.29) is 11.9 Å². The maximum atomic E-state index is 8.75. The Morgan fingerprint density at radius 3 is 2.89 bits per heavy atom. The molecule has 0 aliphatic carbocycles. The van der Waals surface area contributed by atoms with Gasteiger partial charge >= 0.3 is 0 Å². The van der Waals surface area contributed by atoms with Gasteiger partial charge in [-0.3, -0.25) is 0 Å². The van der Waals surface area contributed by atoms with Gasteiger partial charge in [-0.15, -0.1) is 0 Å². The van der Waals surface area contributed by atoms with E-state index in [1.807, 2.05) is 6.92 Å². The number of hydrogen-bond donors (Lipinski definition) is 2. The normalized spacial score (nSPS) is 17.7. The summed E-state index contributed by atoms with van der Waals surface area (Å²) in [6.07, 6.45) is 1.72. The van der Waals surface area contributed by atoms with E-state index in [1.54, 1.807) is 12.1 Å². The van der Waals surface area contributed by atoms with E-state index in [4.69, 9.17) is 20.4 Å². The van der Waals surface area contributed by atoms with Crippen LogP contribution >= 0.6 is 0 Å². The summed E-state index contributed by atoms with van der Waals surface area (Å²) >= 11 is 0. The molecule has 98 valence electrons. The Bertz CT molecular complexity index is 442. The number of amidine groups is 1. The standard InChI is InChI=1S/C12H17N3O3/c1-8-2-3-10(11(13)15-16)12(14-8)18-9-4-6-17-7-5-9/h2-3,9,16H,4-7H2,1H3,(H2,13,15). The summed E-state index contributed by atoms with van der Waals surface area (Å²) in [5.41, 5.74) is 6.94. The van der Waals surface area contributed by atoms with Crippen LogP contribution in [0, 0.1) is 6.92 Å². The molecule has 1 aliphatic rings. The molecule has 0 saturated carbocycles. The largest absolute Gasteiger partial charge is 0.474 e. The van der Waals surface area contributed by atoms with Gasteiger partial charge in [-0.25, -0.2) is 4.98 Å². The van der Waals surface area contributed by atoms with Crippen molar-refractivity contribution >= 4 is 5.84 Å². The third-order valence-electron chi connectivity index (χ3n) is 2.83. The highest BCUT2D eigenvalue weighted by Crippen LogP contribution is 2.20. The number of nitrogens with two attached hydrogens (primary N) is 1. The first kappa shape index (κ1) is 12.6. The van der Waals surface area contributed by atoms with E-state index in [2.05, 4.69) is 10.1 Å². The first-order valence-corrected chi connectivity index (χ1v) is 5.90. The molecule has 1 saturated heterocycles. The molecule has 6 heteroatoms. The Kier molecular flexibility index (Phi) is 3.99. The summed E-state index contributed by atoms with van der Waals surface area (Å²) in [5, 5.41) is 11.7. The lowest BCUT2D eigenvalue weighted by atomic mass is 10.1. The molecule has 0 radical (unpaired) electrons. The lowest BCUT2D eigenvalue weighted by Crippen LogP contribution is -2.27. The molecule has 0 unspecified atom stereocenters. The molecule has 0 aromatic carbocycles. The van der Waals surface area contributed by atoms with Gasteiger partial charge in [-0.1, -0.05) is 5.16 Å². The number of hydrogen-bond acceptors (Lipinski definition) is 5. The number of nitrogens with zero attached hydrogens (tertiary/aromatic N) is 2. The average molecular weight is 251 g/mol. The van der Waals surface area contributed by atoms with E-state index < -0.39 is 0 Å². The molecule has 0 bridgehead atoms. The van der Waals surface area contributed by atoms with Crippen LogP contribution in [0.4, 0.5) is 0 Å². The highest BCUT2D eigenvalue weighted by Gasteiger charge is 2.19. The van der Waals surface area contributed by atoms with Gasteiger partial charge in [0.05, 0.1) is 18.8 Å². The Labute approximate surface area is 105 Å². The van der Waals surface area contributed by atoms with Crippen LogP contribution in [0.15, 0.2) is 17.3 Å². The van der Waals surface area contributed by atoms with Gasteiger partial charge in [0.25, 0.3) is 0 Å². The van der Waals surface area contributed by atoms with E-state index in [0.717, 1.165) is 18.5 Å². The van der Waals surface area contributed by atoms with Crippen LogP contribution in [0.2, 0.25) is 0 Å². The molecular weight excluding hydrogens is 234 g/mol. The molecule has 1 aliphatic heterocycles. The highest BCUT2D eigenvalue weighted by atomic mass is 16.5. The first-order chi connectivity index (χ1) is 8.70. The second-order valence-electron chi connectivity index (χ2n) is 4.22. The fraction of sp³-hybridized carbons (Fsp3) is 0.500. The van der Waals surface area contributed by atoms with Crippen molar-refractivity contribution in [2.45, 2.75) is 25.9 Å². The molecule has 6 nitrogen and oxygen atoms in total. The molecule has 0 amide bonds. The van der Waals surface area contributed by atoms with Gasteiger partial charge in [0.1, 0.15) is 6.10 Å². The Morgan fingerprint density at radius 1 is 1.50 bits per heavy atom.